The van der Waals surface area contributed by atoms with Crippen molar-refractivity contribution < 1.29 is 26.4 Å². The Labute approximate surface area is 221 Å². The molecule has 0 unspecified atom stereocenters. The Kier molecular flexibility index (Phi) is 9.12. The largest absolute Gasteiger partial charge is 0.379 e. The Morgan fingerprint density at radius 3 is 2.47 bits per heavy atom. The minimum absolute atomic E-state index is 0. The quantitative estimate of drug-likeness (QED) is 0.404. The van der Waals surface area contributed by atoms with Crippen molar-refractivity contribution >= 4 is 64.7 Å². The molecular formula is C23H28ClN3O6S3. The van der Waals surface area contributed by atoms with Gasteiger partial charge in [0.1, 0.15) is 0 Å². The summed E-state index contributed by atoms with van der Waals surface area (Å²) < 4.78 is 55.4. The Morgan fingerprint density at radius 1 is 1.11 bits per heavy atom. The van der Waals surface area contributed by atoms with Gasteiger partial charge in [0.25, 0.3) is 5.91 Å². The average Bonchev–Trinajstić information content (AvgIpc) is 3.27. The zero-order valence-corrected chi connectivity index (χ0v) is 23.2. The third-order valence-electron chi connectivity index (χ3n) is 5.83. The smallest absolute Gasteiger partial charge is 0.261 e. The van der Waals surface area contributed by atoms with E-state index in [-0.39, 0.29) is 40.1 Å². The maximum atomic E-state index is 13.8. The predicted octanol–water partition coefficient (Wildman–Crippen LogP) is 2.89. The van der Waals surface area contributed by atoms with Gasteiger partial charge in [-0.05, 0) is 30.3 Å². The van der Waals surface area contributed by atoms with Crippen LogP contribution >= 0.6 is 23.7 Å². The van der Waals surface area contributed by atoms with E-state index in [1.165, 1.54) is 34.4 Å². The van der Waals surface area contributed by atoms with E-state index in [9.17, 15) is 21.6 Å². The lowest BCUT2D eigenvalue weighted by Crippen LogP contribution is -2.43. The molecule has 1 fully saturated rings. The lowest BCUT2D eigenvalue weighted by atomic mass is 10.2. The third kappa shape index (κ3) is 6.24. The van der Waals surface area contributed by atoms with Crippen molar-refractivity contribution in [3.63, 3.8) is 0 Å². The standard InChI is InChI=1S/C23H27N3O6S3.ClH/c1-3-35(30,31)21-7-5-4-6-18(21)22(27)26(11-10-25-12-14-32-15-13-25)23-24-19-9-8-17(34(2,28)29)16-20(19)33-23;/h4-9,16H,3,10-15H2,1-2H3;1H. The number of anilines is 1. The van der Waals surface area contributed by atoms with Crippen LogP contribution in [-0.2, 0) is 24.4 Å². The summed E-state index contributed by atoms with van der Waals surface area (Å²) in [7, 11) is -7.03. The maximum Gasteiger partial charge on any atom is 0.261 e. The van der Waals surface area contributed by atoms with E-state index in [4.69, 9.17) is 4.74 Å². The molecule has 0 radical (unpaired) electrons. The van der Waals surface area contributed by atoms with Gasteiger partial charge in [-0.1, -0.05) is 30.4 Å². The van der Waals surface area contributed by atoms with Crippen LogP contribution in [-0.4, -0.2) is 84.0 Å². The number of nitrogens with zero attached hydrogens (tertiary/aromatic N) is 3. The molecule has 1 aliphatic rings. The minimum Gasteiger partial charge on any atom is -0.379 e. The van der Waals surface area contributed by atoms with Crippen molar-refractivity contribution in [2.75, 3.05) is 56.3 Å². The van der Waals surface area contributed by atoms with Crippen LogP contribution in [0.25, 0.3) is 10.2 Å². The number of carbonyl (C=O) groups is 1. The van der Waals surface area contributed by atoms with Gasteiger partial charge < -0.3 is 4.74 Å². The number of hydrogen-bond acceptors (Lipinski definition) is 9. The average molecular weight is 574 g/mol. The fraction of sp³-hybridized carbons (Fsp3) is 0.391. The molecule has 1 aliphatic heterocycles. The van der Waals surface area contributed by atoms with E-state index in [1.807, 2.05) is 0 Å². The Bertz CT molecular complexity index is 1450. The van der Waals surface area contributed by atoms with Crippen molar-refractivity contribution in [2.45, 2.75) is 16.7 Å². The molecule has 2 aromatic carbocycles. The van der Waals surface area contributed by atoms with Gasteiger partial charge in [-0.3, -0.25) is 14.6 Å². The minimum atomic E-state index is -3.63. The number of rotatable bonds is 8. The van der Waals surface area contributed by atoms with Gasteiger partial charge in [0.2, 0.25) is 0 Å². The fourth-order valence-corrected chi connectivity index (χ4v) is 6.64. The molecule has 36 heavy (non-hydrogen) atoms. The molecule has 0 N–H and O–H groups in total. The van der Waals surface area contributed by atoms with Gasteiger partial charge in [-0.2, -0.15) is 0 Å². The molecule has 0 saturated carbocycles. The molecule has 0 spiro atoms. The van der Waals surface area contributed by atoms with Gasteiger partial charge in [0, 0.05) is 32.4 Å². The van der Waals surface area contributed by atoms with Crippen LogP contribution in [0.15, 0.2) is 52.3 Å². The monoisotopic (exact) mass is 573 g/mol. The highest BCUT2D eigenvalue weighted by Crippen LogP contribution is 2.32. The third-order valence-corrected chi connectivity index (χ3v) is 9.77. The summed E-state index contributed by atoms with van der Waals surface area (Å²) in [6.45, 7) is 5.09. The molecule has 196 valence electrons. The molecule has 1 aromatic heterocycles. The van der Waals surface area contributed by atoms with Crippen LogP contribution in [0.1, 0.15) is 17.3 Å². The molecule has 0 bridgehead atoms. The zero-order valence-electron chi connectivity index (χ0n) is 19.9. The second kappa shape index (κ2) is 11.5. The molecule has 0 aliphatic carbocycles. The number of carbonyl (C=O) groups excluding carboxylic acids is 1. The number of benzene rings is 2. The van der Waals surface area contributed by atoms with Crippen LogP contribution < -0.4 is 4.90 Å². The second-order valence-electron chi connectivity index (χ2n) is 8.21. The van der Waals surface area contributed by atoms with E-state index < -0.39 is 25.6 Å². The van der Waals surface area contributed by atoms with E-state index in [0.717, 1.165) is 19.3 Å². The first-order chi connectivity index (χ1) is 16.6. The number of amides is 1. The van der Waals surface area contributed by atoms with Crippen LogP contribution in [0.4, 0.5) is 5.13 Å². The van der Waals surface area contributed by atoms with E-state index in [1.54, 1.807) is 31.2 Å². The number of fused-ring (bicyclic) bond motifs is 1. The molecular weight excluding hydrogens is 546 g/mol. The summed E-state index contributed by atoms with van der Waals surface area (Å²) >= 11 is 1.20. The second-order valence-corrected chi connectivity index (χ2v) is 13.5. The molecule has 4 rings (SSSR count). The molecule has 1 saturated heterocycles. The predicted molar refractivity (Wildman–Crippen MR) is 143 cm³/mol. The number of morpholine rings is 1. The number of thiazole rings is 1. The van der Waals surface area contributed by atoms with E-state index in [0.29, 0.717) is 35.1 Å². The lowest BCUT2D eigenvalue weighted by molar-refractivity contribution is 0.0391. The van der Waals surface area contributed by atoms with Crippen molar-refractivity contribution in [2.24, 2.45) is 0 Å². The first-order valence-electron chi connectivity index (χ1n) is 11.1. The molecule has 1 amide bonds. The van der Waals surface area contributed by atoms with Gasteiger partial charge in [-0.15, -0.1) is 12.4 Å². The van der Waals surface area contributed by atoms with Gasteiger partial charge in [0.15, 0.2) is 24.8 Å². The summed E-state index contributed by atoms with van der Waals surface area (Å²) in [6, 6.07) is 10.9. The fourth-order valence-electron chi connectivity index (χ4n) is 3.80. The summed E-state index contributed by atoms with van der Waals surface area (Å²) in [5, 5.41) is 0.382. The van der Waals surface area contributed by atoms with Crippen LogP contribution in [0.5, 0.6) is 0 Å². The summed E-state index contributed by atoms with van der Waals surface area (Å²) in [5.41, 5.74) is 0.656. The first kappa shape index (κ1) is 28.5. The van der Waals surface area contributed by atoms with E-state index >= 15 is 0 Å². The lowest BCUT2D eigenvalue weighted by Gasteiger charge is -2.29. The summed E-state index contributed by atoms with van der Waals surface area (Å²) in [6.07, 6.45) is 1.14. The Morgan fingerprint density at radius 2 is 1.81 bits per heavy atom. The van der Waals surface area contributed by atoms with Gasteiger partial charge in [0.05, 0.1) is 44.5 Å². The maximum absolute atomic E-state index is 13.8. The Hall–Kier alpha value is -2.09. The topological polar surface area (TPSA) is 114 Å². The number of sulfone groups is 2. The number of ether oxygens (including phenoxy) is 1. The normalized spacial score (nSPS) is 14.9. The summed E-state index contributed by atoms with van der Waals surface area (Å²) in [5.74, 6) is -0.589. The van der Waals surface area contributed by atoms with Gasteiger partial charge >= 0.3 is 0 Å². The van der Waals surface area contributed by atoms with Crippen LogP contribution in [0.3, 0.4) is 0 Å². The zero-order chi connectivity index (χ0) is 25.2. The highest BCUT2D eigenvalue weighted by molar-refractivity contribution is 7.91. The number of halogens is 1. The Balaban J connectivity index is 0.00000361. The van der Waals surface area contributed by atoms with Crippen molar-refractivity contribution in [1.82, 2.24) is 9.88 Å². The highest BCUT2D eigenvalue weighted by atomic mass is 35.5. The van der Waals surface area contributed by atoms with Crippen molar-refractivity contribution in [3.05, 3.63) is 48.0 Å². The first-order valence-corrected chi connectivity index (χ1v) is 15.5. The van der Waals surface area contributed by atoms with Crippen molar-refractivity contribution in [1.29, 1.82) is 0 Å². The number of aromatic nitrogens is 1. The molecule has 0 atom stereocenters. The molecule has 3 aromatic rings. The van der Waals surface area contributed by atoms with Crippen LogP contribution in [0.2, 0.25) is 0 Å². The molecule has 2 heterocycles. The molecule has 13 heteroatoms. The summed E-state index contributed by atoms with van der Waals surface area (Å²) in [4.78, 5) is 22.2. The highest BCUT2D eigenvalue weighted by Gasteiger charge is 2.28. The van der Waals surface area contributed by atoms with Crippen molar-refractivity contribution in [3.8, 4) is 0 Å². The molecule has 9 nitrogen and oxygen atoms in total. The SMILES string of the molecule is CCS(=O)(=O)c1ccccc1C(=O)N(CCN1CCOCC1)c1nc2ccc(S(C)(=O)=O)cc2s1.Cl. The van der Waals surface area contributed by atoms with E-state index in [2.05, 4.69) is 9.88 Å². The van der Waals surface area contributed by atoms with Gasteiger partial charge in [-0.25, -0.2) is 21.8 Å². The number of hydrogen-bond donors (Lipinski definition) is 0. The van der Waals surface area contributed by atoms with Crippen LogP contribution in [0, 0.1) is 0 Å².